The van der Waals surface area contributed by atoms with E-state index in [1.54, 1.807) is 5.57 Å². The molecule has 3 heteroatoms. The van der Waals surface area contributed by atoms with Gasteiger partial charge in [-0.3, -0.25) is 0 Å². The highest BCUT2D eigenvalue weighted by molar-refractivity contribution is 5.20. The molecule has 0 aliphatic heterocycles. The molecular weight excluding hydrogens is 358 g/mol. The van der Waals surface area contributed by atoms with Crippen LogP contribution in [0.4, 0.5) is 0 Å². The summed E-state index contributed by atoms with van der Waals surface area (Å²) >= 11 is 0. The minimum Gasteiger partial charge on any atom is -0.392 e. The third kappa shape index (κ3) is 6.42. The number of rotatable bonds is 10. The topological polar surface area (TPSA) is 43.7 Å². The van der Waals surface area contributed by atoms with Crippen LogP contribution >= 0.6 is 0 Å². The van der Waals surface area contributed by atoms with Gasteiger partial charge in [0.2, 0.25) is 0 Å². The molecule has 0 radical (unpaired) electrons. The van der Waals surface area contributed by atoms with E-state index < -0.39 is 5.60 Å². The van der Waals surface area contributed by atoms with Gasteiger partial charge >= 0.3 is 0 Å². The van der Waals surface area contributed by atoms with E-state index in [9.17, 15) is 10.2 Å². The van der Waals surface area contributed by atoms with Crippen LogP contribution in [0.2, 0.25) is 0 Å². The van der Waals surface area contributed by atoms with Gasteiger partial charge in [0.05, 0.1) is 11.7 Å². The molecule has 0 saturated heterocycles. The molecule has 3 rings (SSSR count). The third-order valence-electron chi connectivity index (χ3n) is 7.93. The molecule has 166 valence electrons. The molecule has 2 saturated carbocycles. The Hall–Kier alpha value is -0.640. The van der Waals surface area contributed by atoms with Gasteiger partial charge in [-0.25, -0.2) is 0 Å². The average Bonchev–Trinajstić information content (AvgIpc) is 3.19. The van der Waals surface area contributed by atoms with E-state index in [0.717, 1.165) is 12.8 Å². The van der Waals surface area contributed by atoms with Crippen molar-refractivity contribution in [3.05, 3.63) is 23.8 Å². The van der Waals surface area contributed by atoms with Gasteiger partial charge in [0, 0.05) is 5.92 Å². The van der Waals surface area contributed by atoms with Gasteiger partial charge < -0.3 is 15.1 Å². The van der Waals surface area contributed by atoms with Crippen LogP contribution in [0.5, 0.6) is 0 Å². The first-order valence-corrected chi connectivity index (χ1v) is 12.3. The Morgan fingerprint density at radius 2 is 1.90 bits per heavy atom. The van der Waals surface area contributed by atoms with Gasteiger partial charge in [-0.15, -0.1) is 0 Å². The second kappa shape index (κ2) is 10.6. The highest BCUT2D eigenvalue weighted by Crippen LogP contribution is 2.48. The molecule has 0 aromatic carbocycles. The molecule has 0 amide bonds. The lowest BCUT2D eigenvalue weighted by molar-refractivity contribution is -0.0138. The van der Waals surface area contributed by atoms with Crippen molar-refractivity contribution in [3.8, 4) is 0 Å². The summed E-state index contributed by atoms with van der Waals surface area (Å²) in [6, 6.07) is 0. The van der Waals surface area contributed by atoms with E-state index in [0.29, 0.717) is 17.8 Å². The third-order valence-corrected chi connectivity index (χ3v) is 7.93. The fourth-order valence-electron chi connectivity index (χ4n) is 6.10. The number of aliphatic hydroxyl groups excluding tert-OH is 1. The van der Waals surface area contributed by atoms with Crippen molar-refractivity contribution in [3.63, 3.8) is 0 Å². The van der Waals surface area contributed by atoms with Crippen molar-refractivity contribution in [1.82, 2.24) is 4.90 Å². The smallest absolute Gasteiger partial charge is 0.0682 e. The van der Waals surface area contributed by atoms with Gasteiger partial charge in [0.1, 0.15) is 0 Å². The Morgan fingerprint density at radius 3 is 2.62 bits per heavy atom. The predicted octanol–water partition coefficient (Wildman–Crippen LogP) is 5.33. The number of unbranched alkanes of at least 4 members (excludes halogenated alkanes) is 2. The molecular formula is C26H45NO2. The van der Waals surface area contributed by atoms with Crippen LogP contribution in [0, 0.1) is 23.7 Å². The van der Waals surface area contributed by atoms with E-state index >= 15 is 0 Å². The number of hydrogen-bond acceptors (Lipinski definition) is 3. The maximum absolute atomic E-state index is 11.0. The SMILES string of the molecule is CN(C)CCCCCC1=C[C@H]2C[C@@H](O)[C@H](C=CC[C@@](C)(O)C3CCCCC3)[C@H]2C1. The standard InChI is InChI=1S/C26H45NO2/c1-26(29,22-12-7-4-8-13-22)15-10-14-23-24-18-20(17-21(24)19-25(23)28)11-6-5-9-16-27(2)3/h10,14,17,21-25,28-29H,4-9,11-13,15-16,18-19H2,1-3H3/t21-,23+,24-,25+,26+/m0/s1. The van der Waals surface area contributed by atoms with Crippen molar-refractivity contribution in [2.45, 2.75) is 95.7 Å². The van der Waals surface area contributed by atoms with Crippen LogP contribution in [-0.2, 0) is 0 Å². The summed E-state index contributed by atoms with van der Waals surface area (Å²) in [6.45, 7) is 3.21. The van der Waals surface area contributed by atoms with Crippen LogP contribution in [-0.4, -0.2) is 47.5 Å². The summed E-state index contributed by atoms with van der Waals surface area (Å²) in [5.41, 5.74) is 1.04. The van der Waals surface area contributed by atoms with Crippen molar-refractivity contribution in [2.24, 2.45) is 23.7 Å². The van der Waals surface area contributed by atoms with Gasteiger partial charge in [0.25, 0.3) is 0 Å². The quantitative estimate of drug-likeness (QED) is 0.383. The Labute approximate surface area is 179 Å². The van der Waals surface area contributed by atoms with Crippen LogP contribution < -0.4 is 0 Å². The van der Waals surface area contributed by atoms with E-state index in [1.807, 2.05) is 6.92 Å². The second-order valence-electron chi connectivity index (χ2n) is 10.7. The molecule has 0 spiro atoms. The minimum atomic E-state index is -0.592. The highest BCUT2D eigenvalue weighted by Gasteiger charge is 2.43. The molecule has 2 fully saturated rings. The largest absolute Gasteiger partial charge is 0.392 e. The summed E-state index contributed by atoms with van der Waals surface area (Å²) in [4.78, 5) is 2.27. The zero-order chi connectivity index (χ0) is 20.9. The fourth-order valence-corrected chi connectivity index (χ4v) is 6.10. The molecule has 0 unspecified atom stereocenters. The zero-order valence-corrected chi connectivity index (χ0v) is 19.2. The average molecular weight is 404 g/mol. The maximum Gasteiger partial charge on any atom is 0.0682 e. The lowest BCUT2D eigenvalue weighted by Gasteiger charge is -2.35. The predicted molar refractivity (Wildman–Crippen MR) is 122 cm³/mol. The molecule has 3 nitrogen and oxygen atoms in total. The molecule has 3 aliphatic rings. The van der Waals surface area contributed by atoms with E-state index in [2.05, 4.69) is 37.2 Å². The summed E-state index contributed by atoms with van der Waals surface area (Å²) in [5, 5.41) is 21.6. The summed E-state index contributed by atoms with van der Waals surface area (Å²) < 4.78 is 0. The first-order chi connectivity index (χ1) is 13.9. The van der Waals surface area contributed by atoms with Crippen LogP contribution in [0.3, 0.4) is 0 Å². The molecule has 5 atom stereocenters. The Balaban J connectivity index is 1.45. The van der Waals surface area contributed by atoms with E-state index in [-0.39, 0.29) is 12.0 Å². The van der Waals surface area contributed by atoms with Crippen molar-refractivity contribution < 1.29 is 10.2 Å². The molecule has 0 bridgehead atoms. The molecule has 0 heterocycles. The lowest BCUT2D eigenvalue weighted by Crippen LogP contribution is -2.35. The maximum atomic E-state index is 11.0. The molecule has 3 aliphatic carbocycles. The summed E-state index contributed by atoms with van der Waals surface area (Å²) in [5.74, 6) is 1.85. The molecule has 2 N–H and O–H groups in total. The first kappa shape index (κ1) is 23.0. The van der Waals surface area contributed by atoms with Gasteiger partial charge in [0.15, 0.2) is 0 Å². The number of fused-ring (bicyclic) bond motifs is 1. The Kier molecular flexibility index (Phi) is 8.41. The molecule has 29 heavy (non-hydrogen) atoms. The van der Waals surface area contributed by atoms with Crippen LogP contribution in [0.15, 0.2) is 23.8 Å². The van der Waals surface area contributed by atoms with Gasteiger partial charge in [-0.05, 0) is 96.7 Å². The van der Waals surface area contributed by atoms with Gasteiger partial charge in [-0.2, -0.15) is 0 Å². The van der Waals surface area contributed by atoms with Crippen molar-refractivity contribution in [1.29, 1.82) is 0 Å². The summed E-state index contributed by atoms with van der Waals surface area (Å²) in [6.07, 6.45) is 20.9. The molecule has 0 aromatic rings. The number of allylic oxidation sites excluding steroid dienone is 2. The second-order valence-corrected chi connectivity index (χ2v) is 10.7. The van der Waals surface area contributed by atoms with E-state index in [4.69, 9.17) is 0 Å². The van der Waals surface area contributed by atoms with Crippen molar-refractivity contribution in [2.75, 3.05) is 20.6 Å². The first-order valence-electron chi connectivity index (χ1n) is 12.3. The number of aliphatic hydroxyl groups is 2. The van der Waals surface area contributed by atoms with Crippen molar-refractivity contribution >= 4 is 0 Å². The number of hydrogen-bond donors (Lipinski definition) is 2. The van der Waals surface area contributed by atoms with Crippen LogP contribution in [0.25, 0.3) is 0 Å². The fraction of sp³-hybridized carbons (Fsp3) is 0.846. The minimum absolute atomic E-state index is 0.209. The summed E-state index contributed by atoms with van der Waals surface area (Å²) in [7, 11) is 4.29. The Bertz CT molecular complexity index is 559. The monoisotopic (exact) mass is 403 g/mol. The lowest BCUT2D eigenvalue weighted by atomic mass is 9.76. The highest BCUT2D eigenvalue weighted by atomic mass is 16.3. The van der Waals surface area contributed by atoms with Gasteiger partial charge in [-0.1, -0.05) is 49.5 Å². The Morgan fingerprint density at radius 1 is 1.14 bits per heavy atom. The molecule has 0 aromatic heterocycles. The normalized spacial score (nSPS) is 32.7. The van der Waals surface area contributed by atoms with E-state index in [1.165, 1.54) is 70.8 Å². The zero-order valence-electron chi connectivity index (χ0n) is 19.2. The van der Waals surface area contributed by atoms with Crippen LogP contribution in [0.1, 0.15) is 84.0 Å². The number of nitrogens with zero attached hydrogens (tertiary/aromatic N) is 1.